The van der Waals surface area contributed by atoms with Gasteiger partial charge in [-0.15, -0.1) is 0 Å². The van der Waals surface area contributed by atoms with E-state index in [9.17, 15) is 4.79 Å². The molecule has 122 valence electrons. The molecule has 4 rings (SSSR count). The van der Waals surface area contributed by atoms with Gasteiger partial charge in [-0.3, -0.25) is 9.36 Å². The lowest BCUT2D eigenvalue weighted by molar-refractivity contribution is 0.671. The molecule has 3 aromatic rings. The van der Waals surface area contributed by atoms with Crippen LogP contribution >= 0.6 is 0 Å². The molecule has 0 fully saturated rings. The second-order valence-electron chi connectivity index (χ2n) is 5.97. The second-order valence-corrected chi connectivity index (χ2v) is 5.97. The number of nitrogens with one attached hydrogen (secondary N) is 2. The lowest BCUT2D eigenvalue weighted by Crippen LogP contribution is -2.20. The van der Waals surface area contributed by atoms with Crippen molar-refractivity contribution in [3.8, 4) is 0 Å². The molecule has 6 heteroatoms. The summed E-state index contributed by atoms with van der Waals surface area (Å²) in [5.41, 5.74) is 4.08. The maximum Gasteiger partial charge on any atom is 0.252 e. The smallest absolute Gasteiger partial charge is 0.252 e. The Bertz CT molecular complexity index is 963. The molecular formula is C18H19N5O. The molecule has 2 N–H and O–H groups in total. The van der Waals surface area contributed by atoms with Crippen molar-refractivity contribution < 1.29 is 0 Å². The zero-order valence-corrected chi connectivity index (χ0v) is 13.5. The summed E-state index contributed by atoms with van der Waals surface area (Å²) in [5, 5.41) is 7.46. The second kappa shape index (κ2) is 5.96. The summed E-state index contributed by atoms with van der Waals surface area (Å²) in [6.45, 7) is 3.68. The fourth-order valence-corrected chi connectivity index (χ4v) is 3.08. The highest BCUT2D eigenvalue weighted by Gasteiger charge is 2.11. The molecule has 0 radical (unpaired) electrons. The van der Waals surface area contributed by atoms with Gasteiger partial charge >= 0.3 is 0 Å². The van der Waals surface area contributed by atoms with Gasteiger partial charge in [0.1, 0.15) is 5.65 Å². The van der Waals surface area contributed by atoms with Gasteiger partial charge in [0.05, 0.1) is 0 Å². The van der Waals surface area contributed by atoms with Gasteiger partial charge in [-0.25, -0.2) is 4.98 Å². The van der Waals surface area contributed by atoms with Crippen LogP contribution in [-0.2, 0) is 13.0 Å². The van der Waals surface area contributed by atoms with Crippen LogP contribution in [0.1, 0.15) is 18.9 Å². The van der Waals surface area contributed by atoms with Crippen LogP contribution in [0.3, 0.4) is 0 Å². The van der Waals surface area contributed by atoms with Crippen LogP contribution in [0.4, 0.5) is 17.3 Å². The van der Waals surface area contributed by atoms with Gasteiger partial charge in [-0.05, 0) is 42.7 Å². The zero-order valence-electron chi connectivity index (χ0n) is 13.5. The van der Waals surface area contributed by atoms with Crippen molar-refractivity contribution in [2.75, 3.05) is 17.2 Å². The van der Waals surface area contributed by atoms with E-state index in [1.807, 2.05) is 13.0 Å². The first-order valence-corrected chi connectivity index (χ1v) is 8.25. The van der Waals surface area contributed by atoms with E-state index in [0.717, 1.165) is 30.5 Å². The van der Waals surface area contributed by atoms with Crippen molar-refractivity contribution in [3.05, 3.63) is 52.4 Å². The highest BCUT2D eigenvalue weighted by atomic mass is 16.1. The normalized spacial score (nSPS) is 12.9. The molecule has 1 aromatic carbocycles. The minimum atomic E-state index is -0.0300. The molecule has 24 heavy (non-hydrogen) atoms. The Kier molecular flexibility index (Phi) is 3.65. The fourth-order valence-electron chi connectivity index (χ4n) is 3.08. The minimum Gasteiger partial charge on any atom is -0.384 e. The summed E-state index contributed by atoms with van der Waals surface area (Å²) in [6, 6.07) is 9.54. The molecule has 2 aromatic heterocycles. The molecule has 0 aliphatic carbocycles. The Balaban J connectivity index is 1.72. The number of anilines is 3. The highest BCUT2D eigenvalue weighted by Crippen LogP contribution is 2.26. The Morgan fingerprint density at radius 1 is 1.29 bits per heavy atom. The topological polar surface area (TPSA) is 71.8 Å². The van der Waals surface area contributed by atoms with Crippen LogP contribution < -0.4 is 16.2 Å². The predicted molar refractivity (Wildman–Crippen MR) is 96.0 cm³/mol. The van der Waals surface area contributed by atoms with Gasteiger partial charge in [-0.1, -0.05) is 6.92 Å². The van der Waals surface area contributed by atoms with Crippen LogP contribution in [0.5, 0.6) is 0 Å². The minimum absolute atomic E-state index is 0.0300. The van der Waals surface area contributed by atoms with E-state index < -0.39 is 0 Å². The summed E-state index contributed by atoms with van der Waals surface area (Å²) in [6.07, 6.45) is 3.66. The lowest BCUT2D eigenvalue weighted by atomic mass is 10.1. The highest BCUT2D eigenvalue weighted by molar-refractivity contribution is 5.76. The number of aryl methyl sites for hydroxylation is 1. The molecule has 1 aliphatic heterocycles. The number of hydrogen-bond acceptors (Lipinski definition) is 5. The number of fused-ring (bicyclic) bond motifs is 2. The van der Waals surface area contributed by atoms with Crippen molar-refractivity contribution in [1.29, 1.82) is 0 Å². The Morgan fingerprint density at radius 2 is 2.21 bits per heavy atom. The first kappa shape index (κ1) is 14.7. The monoisotopic (exact) mass is 321 g/mol. The van der Waals surface area contributed by atoms with E-state index in [0.29, 0.717) is 18.1 Å². The number of hydrogen-bond donors (Lipinski definition) is 2. The Hall–Kier alpha value is -2.89. The fraction of sp³-hybridized carbons (Fsp3) is 0.278. The van der Waals surface area contributed by atoms with E-state index in [4.69, 9.17) is 0 Å². The maximum absolute atomic E-state index is 12.1. The van der Waals surface area contributed by atoms with Gasteiger partial charge in [0, 0.05) is 42.1 Å². The van der Waals surface area contributed by atoms with Crippen LogP contribution in [0.15, 0.2) is 41.3 Å². The van der Waals surface area contributed by atoms with Gasteiger partial charge in [0.25, 0.3) is 5.56 Å². The summed E-state index contributed by atoms with van der Waals surface area (Å²) in [4.78, 5) is 21.0. The SMILES string of the molecule is CCCn1c(=O)ccc2cnc(Nc3ccc4c(c3)CCN4)nc21. The molecule has 0 amide bonds. The summed E-state index contributed by atoms with van der Waals surface area (Å²) < 4.78 is 1.70. The van der Waals surface area contributed by atoms with Gasteiger partial charge < -0.3 is 10.6 Å². The largest absolute Gasteiger partial charge is 0.384 e. The molecule has 3 heterocycles. The quantitative estimate of drug-likeness (QED) is 0.773. The van der Waals surface area contributed by atoms with Crippen LogP contribution in [0, 0.1) is 0 Å². The standard InChI is InChI=1S/C18H19N5O/c1-2-9-23-16(24)6-3-13-11-20-18(22-17(13)23)21-14-4-5-15-12(10-14)7-8-19-15/h3-6,10-11,19H,2,7-9H2,1H3,(H,20,21,22). The molecule has 0 saturated carbocycles. The Labute approximate surface area is 139 Å². The molecule has 0 saturated heterocycles. The number of rotatable bonds is 4. The van der Waals surface area contributed by atoms with Crippen molar-refractivity contribution in [2.45, 2.75) is 26.3 Å². The molecule has 0 atom stereocenters. The maximum atomic E-state index is 12.1. The molecule has 0 unspecified atom stereocenters. The molecule has 0 bridgehead atoms. The molecule has 1 aliphatic rings. The third-order valence-electron chi connectivity index (χ3n) is 4.24. The number of pyridine rings is 1. The van der Waals surface area contributed by atoms with E-state index in [-0.39, 0.29) is 5.56 Å². The third kappa shape index (κ3) is 2.60. The van der Waals surface area contributed by atoms with Crippen LogP contribution in [0.2, 0.25) is 0 Å². The number of benzene rings is 1. The van der Waals surface area contributed by atoms with E-state index in [1.54, 1.807) is 22.9 Å². The number of aromatic nitrogens is 3. The van der Waals surface area contributed by atoms with Crippen molar-refractivity contribution in [1.82, 2.24) is 14.5 Å². The molecule has 6 nitrogen and oxygen atoms in total. The predicted octanol–water partition coefficient (Wildman–Crippen LogP) is 2.91. The zero-order chi connectivity index (χ0) is 16.5. The average Bonchev–Trinajstić information content (AvgIpc) is 3.05. The van der Waals surface area contributed by atoms with E-state index in [2.05, 4.69) is 32.7 Å². The van der Waals surface area contributed by atoms with Crippen LogP contribution in [-0.4, -0.2) is 21.1 Å². The summed E-state index contributed by atoms with van der Waals surface area (Å²) in [7, 11) is 0. The first-order valence-electron chi connectivity index (χ1n) is 8.25. The first-order chi connectivity index (χ1) is 11.7. The average molecular weight is 321 g/mol. The van der Waals surface area contributed by atoms with E-state index >= 15 is 0 Å². The molecular weight excluding hydrogens is 302 g/mol. The summed E-state index contributed by atoms with van der Waals surface area (Å²) >= 11 is 0. The van der Waals surface area contributed by atoms with Crippen molar-refractivity contribution in [3.63, 3.8) is 0 Å². The summed E-state index contributed by atoms with van der Waals surface area (Å²) in [5.74, 6) is 0.504. The van der Waals surface area contributed by atoms with Gasteiger partial charge in [0.2, 0.25) is 5.95 Å². The van der Waals surface area contributed by atoms with Crippen molar-refractivity contribution >= 4 is 28.4 Å². The van der Waals surface area contributed by atoms with Gasteiger partial charge in [-0.2, -0.15) is 4.98 Å². The molecule has 0 spiro atoms. The van der Waals surface area contributed by atoms with E-state index in [1.165, 1.54) is 11.3 Å². The Morgan fingerprint density at radius 3 is 3.08 bits per heavy atom. The third-order valence-corrected chi connectivity index (χ3v) is 4.24. The van der Waals surface area contributed by atoms with Crippen LogP contribution in [0.25, 0.3) is 11.0 Å². The van der Waals surface area contributed by atoms with Gasteiger partial charge in [0.15, 0.2) is 0 Å². The lowest BCUT2D eigenvalue weighted by Gasteiger charge is -2.10. The number of nitrogens with zero attached hydrogens (tertiary/aromatic N) is 3. The van der Waals surface area contributed by atoms with Crippen molar-refractivity contribution in [2.24, 2.45) is 0 Å².